The van der Waals surface area contributed by atoms with E-state index in [9.17, 15) is 9.59 Å². The fraction of sp³-hybridized carbons (Fsp3) is 0.333. The lowest BCUT2D eigenvalue weighted by molar-refractivity contribution is -0.0180. The molecule has 0 fully saturated rings. The molecule has 2 rings (SSSR count). The number of ether oxygens (including phenoxy) is 1. The number of benzene rings is 2. The molecule has 1 atom stereocenters. The summed E-state index contributed by atoms with van der Waals surface area (Å²) in [6, 6.07) is 15.6. The Bertz CT molecular complexity index is 724. The van der Waals surface area contributed by atoms with Crippen molar-refractivity contribution in [3.63, 3.8) is 0 Å². The smallest absolute Gasteiger partial charge is 0.339 e. The minimum Gasteiger partial charge on any atom is -0.456 e. The van der Waals surface area contributed by atoms with Crippen molar-refractivity contribution in [2.75, 3.05) is 6.61 Å². The lowest BCUT2D eigenvalue weighted by Gasteiger charge is -2.28. The highest BCUT2D eigenvalue weighted by Gasteiger charge is 2.28. The second-order valence-corrected chi connectivity index (χ2v) is 6.26. The summed E-state index contributed by atoms with van der Waals surface area (Å²) >= 11 is 0. The Morgan fingerprint density at radius 2 is 1.60 bits per heavy atom. The molecular weight excluding hydrogens is 316 g/mol. The van der Waals surface area contributed by atoms with Gasteiger partial charge in [0.15, 0.2) is 5.78 Å². The fourth-order valence-electron chi connectivity index (χ4n) is 2.64. The largest absolute Gasteiger partial charge is 0.456 e. The number of ketones is 1. The van der Waals surface area contributed by atoms with Crippen LogP contribution in [0.25, 0.3) is 0 Å². The van der Waals surface area contributed by atoms with Crippen LogP contribution in [0.15, 0.2) is 54.6 Å². The SMILES string of the molecule is CCC(C)(CCCO)OC(=O)c1ccccc1C(=O)c1ccccc1. The molecule has 4 heteroatoms. The molecule has 4 nitrogen and oxygen atoms in total. The van der Waals surface area contributed by atoms with Crippen LogP contribution >= 0.6 is 0 Å². The quantitative estimate of drug-likeness (QED) is 0.582. The standard InChI is InChI=1S/C21H24O4/c1-3-21(2,14-9-15-22)25-20(24)18-13-8-7-12-17(18)19(23)16-10-5-4-6-11-16/h4-8,10-13,22H,3,9,14-15H2,1-2H3. The molecule has 0 heterocycles. The maximum absolute atomic E-state index is 12.7. The first-order valence-corrected chi connectivity index (χ1v) is 8.53. The summed E-state index contributed by atoms with van der Waals surface area (Å²) in [6.07, 6.45) is 1.76. The number of carbonyl (C=O) groups excluding carboxylic acids is 2. The molecule has 132 valence electrons. The zero-order valence-corrected chi connectivity index (χ0v) is 14.7. The van der Waals surface area contributed by atoms with Gasteiger partial charge in [0.1, 0.15) is 5.60 Å². The normalized spacial score (nSPS) is 13.1. The molecule has 1 unspecified atom stereocenters. The number of aliphatic hydroxyl groups is 1. The van der Waals surface area contributed by atoms with E-state index in [-0.39, 0.29) is 18.0 Å². The Labute approximate surface area is 148 Å². The van der Waals surface area contributed by atoms with Crippen molar-refractivity contribution in [1.29, 1.82) is 0 Å². The van der Waals surface area contributed by atoms with Gasteiger partial charge < -0.3 is 9.84 Å². The van der Waals surface area contributed by atoms with Crippen molar-refractivity contribution in [2.45, 2.75) is 38.7 Å². The molecule has 0 radical (unpaired) electrons. The van der Waals surface area contributed by atoms with Crippen molar-refractivity contribution in [3.05, 3.63) is 71.3 Å². The van der Waals surface area contributed by atoms with Crippen LogP contribution in [-0.4, -0.2) is 29.1 Å². The Morgan fingerprint density at radius 3 is 2.20 bits per heavy atom. The molecule has 2 aromatic rings. The number of esters is 1. The van der Waals surface area contributed by atoms with Crippen LogP contribution in [0.4, 0.5) is 0 Å². The molecule has 0 saturated carbocycles. The average Bonchev–Trinajstić information content (AvgIpc) is 2.66. The lowest BCUT2D eigenvalue weighted by atomic mass is 9.95. The monoisotopic (exact) mass is 340 g/mol. The molecule has 0 saturated heterocycles. The van der Waals surface area contributed by atoms with E-state index in [1.54, 1.807) is 48.5 Å². The summed E-state index contributed by atoms with van der Waals surface area (Å²) in [6.45, 7) is 3.84. The highest BCUT2D eigenvalue weighted by Crippen LogP contribution is 2.25. The molecular formula is C21H24O4. The molecule has 1 N–H and O–H groups in total. The summed E-state index contributed by atoms with van der Waals surface area (Å²) < 4.78 is 5.70. The van der Waals surface area contributed by atoms with Crippen molar-refractivity contribution in [3.8, 4) is 0 Å². The van der Waals surface area contributed by atoms with Gasteiger partial charge in [-0.1, -0.05) is 55.5 Å². The molecule has 0 spiro atoms. The number of carbonyl (C=O) groups is 2. The highest BCUT2D eigenvalue weighted by atomic mass is 16.6. The van der Waals surface area contributed by atoms with Crippen LogP contribution in [0, 0.1) is 0 Å². The highest BCUT2D eigenvalue weighted by molar-refractivity contribution is 6.14. The van der Waals surface area contributed by atoms with E-state index in [1.165, 1.54) is 0 Å². The van der Waals surface area contributed by atoms with Crippen molar-refractivity contribution >= 4 is 11.8 Å². The van der Waals surface area contributed by atoms with Gasteiger partial charge in [-0.15, -0.1) is 0 Å². The summed E-state index contributed by atoms with van der Waals surface area (Å²) in [5, 5.41) is 9.03. The summed E-state index contributed by atoms with van der Waals surface area (Å²) in [4.78, 5) is 25.4. The van der Waals surface area contributed by atoms with Crippen LogP contribution in [0.5, 0.6) is 0 Å². The third-order valence-electron chi connectivity index (χ3n) is 4.38. The number of hydrogen-bond acceptors (Lipinski definition) is 4. The minimum absolute atomic E-state index is 0.0518. The van der Waals surface area contributed by atoms with E-state index in [0.717, 1.165) is 0 Å². The number of aliphatic hydroxyl groups excluding tert-OH is 1. The fourth-order valence-corrected chi connectivity index (χ4v) is 2.64. The Hall–Kier alpha value is -2.46. The number of hydrogen-bond donors (Lipinski definition) is 1. The second kappa shape index (κ2) is 8.58. The van der Waals surface area contributed by atoms with Crippen LogP contribution in [-0.2, 0) is 4.74 Å². The number of rotatable bonds is 8. The maximum atomic E-state index is 12.7. The van der Waals surface area contributed by atoms with Crippen LogP contribution in [0.2, 0.25) is 0 Å². The minimum atomic E-state index is -0.664. The zero-order valence-electron chi connectivity index (χ0n) is 14.7. The average molecular weight is 340 g/mol. The second-order valence-electron chi connectivity index (χ2n) is 6.26. The van der Waals surface area contributed by atoms with Gasteiger partial charge in [0.05, 0.1) is 5.56 Å². The third-order valence-corrected chi connectivity index (χ3v) is 4.38. The molecule has 25 heavy (non-hydrogen) atoms. The van der Waals surface area contributed by atoms with Crippen LogP contribution in [0.3, 0.4) is 0 Å². The third kappa shape index (κ3) is 4.77. The lowest BCUT2D eigenvalue weighted by Crippen LogP contribution is -2.32. The molecule has 0 aliphatic heterocycles. The molecule has 0 aliphatic rings. The van der Waals surface area contributed by atoms with E-state index < -0.39 is 11.6 Å². The summed E-state index contributed by atoms with van der Waals surface area (Å²) in [7, 11) is 0. The van der Waals surface area contributed by atoms with Gasteiger partial charge in [-0.3, -0.25) is 4.79 Å². The Balaban J connectivity index is 2.28. The first kappa shape index (κ1) is 18.9. The predicted molar refractivity (Wildman–Crippen MR) is 96.7 cm³/mol. The molecule has 0 aromatic heterocycles. The molecule has 0 amide bonds. The van der Waals surface area contributed by atoms with Gasteiger partial charge in [0.25, 0.3) is 0 Å². The van der Waals surface area contributed by atoms with Crippen molar-refractivity contribution < 1.29 is 19.4 Å². The van der Waals surface area contributed by atoms with Gasteiger partial charge in [-0.25, -0.2) is 4.79 Å². The maximum Gasteiger partial charge on any atom is 0.339 e. The van der Waals surface area contributed by atoms with Gasteiger partial charge >= 0.3 is 5.97 Å². The first-order chi connectivity index (χ1) is 12.0. The van der Waals surface area contributed by atoms with E-state index >= 15 is 0 Å². The summed E-state index contributed by atoms with van der Waals surface area (Å²) in [5.41, 5.74) is 0.462. The Kier molecular flexibility index (Phi) is 6.48. The van der Waals surface area contributed by atoms with E-state index in [2.05, 4.69) is 0 Å². The van der Waals surface area contributed by atoms with Crippen molar-refractivity contribution in [2.24, 2.45) is 0 Å². The molecule has 2 aromatic carbocycles. The first-order valence-electron chi connectivity index (χ1n) is 8.53. The van der Waals surface area contributed by atoms with Gasteiger partial charge in [0.2, 0.25) is 0 Å². The summed E-state index contributed by atoms with van der Waals surface area (Å²) in [5.74, 6) is -0.719. The van der Waals surface area contributed by atoms with Crippen LogP contribution in [0.1, 0.15) is 59.4 Å². The predicted octanol–water partition coefficient (Wildman–Crippen LogP) is 4.02. The van der Waals surface area contributed by atoms with Gasteiger partial charge in [-0.2, -0.15) is 0 Å². The van der Waals surface area contributed by atoms with E-state index in [4.69, 9.17) is 9.84 Å². The molecule has 0 bridgehead atoms. The van der Waals surface area contributed by atoms with Crippen molar-refractivity contribution in [1.82, 2.24) is 0 Å². The molecule has 0 aliphatic carbocycles. The Morgan fingerprint density at radius 1 is 1.00 bits per heavy atom. The van der Waals surface area contributed by atoms with E-state index in [0.29, 0.717) is 30.4 Å². The van der Waals surface area contributed by atoms with E-state index in [1.807, 2.05) is 19.9 Å². The topological polar surface area (TPSA) is 63.6 Å². The van der Waals surface area contributed by atoms with Gasteiger partial charge in [0, 0.05) is 17.7 Å². The van der Waals surface area contributed by atoms with Gasteiger partial charge in [-0.05, 0) is 32.3 Å². The van der Waals surface area contributed by atoms with Crippen LogP contribution < -0.4 is 0 Å². The zero-order chi connectivity index (χ0) is 18.3.